The second-order valence-electron chi connectivity index (χ2n) is 2.24. The van der Waals surface area contributed by atoms with Crippen molar-refractivity contribution in [1.82, 2.24) is 0 Å². The second kappa shape index (κ2) is 7.80. The number of phosphoric ester groups is 1. The number of hydrogen-bond donors (Lipinski definition) is 0. The highest BCUT2D eigenvalue weighted by molar-refractivity contribution is 7.48. The Balaban J connectivity index is 4.15. The Morgan fingerprint density at radius 1 is 1.14 bits per heavy atom. The number of allylic oxidation sites excluding steroid dienone is 3. The maximum atomic E-state index is 11.6. The van der Waals surface area contributed by atoms with Gasteiger partial charge in [-0.2, -0.15) is 0 Å². The monoisotopic (exact) mass is 220 g/mol. The predicted molar refractivity (Wildman–Crippen MR) is 55.9 cm³/mol. The average Bonchev–Trinajstić information content (AvgIpc) is 2.13. The van der Waals surface area contributed by atoms with Gasteiger partial charge in [0.15, 0.2) is 0 Å². The van der Waals surface area contributed by atoms with E-state index in [1.807, 2.05) is 13.0 Å². The summed E-state index contributed by atoms with van der Waals surface area (Å²) in [5, 5.41) is 0. The highest BCUT2D eigenvalue weighted by atomic mass is 31.2. The maximum Gasteiger partial charge on any atom is 0.529 e. The third kappa shape index (κ3) is 5.97. The normalized spacial score (nSPS) is 12.8. The molecular weight excluding hydrogens is 203 g/mol. The average molecular weight is 220 g/mol. The molecule has 0 atom stereocenters. The van der Waals surface area contributed by atoms with Crippen LogP contribution in [0.1, 0.15) is 20.8 Å². The molecule has 0 bridgehead atoms. The van der Waals surface area contributed by atoms with E-state index in [2.05, 4.69) is 0 Å². The Hall–Kier alpha value is -0.570. The van der Waals surface area contributed by atoms with Crippen LogP contribution in [0, 0.1) is 0 Å². The van der Waals surface area contributed by atoms with Crippen molar-refractivity contribution in [2.75, 3.05) is 13.2 Å². The molecule has 0 heterocycles. The van der Waals surface area contributed by atoms with Crippen molar-refractivity contribution in [2.24, 2.45) is 0 Å². The number of phosphoric acid groups is 1. The minimum absolute atomic E-state index is 0.286. The molecule has 82 valence electrons. The fourth-order valence-corrected chi connectivity index (χ4v) is 1.73. The first kappa shape index (κ1) is 13.4. The topological polar surface area (TPSA) is 44.8 Å². The zero-order chi connectivity index (χ0) is 10.9. The van der Waals surface area contributed by atoms with Crippen molar-refractivity contribution >= 4 is 7.82 Å². The molecule has 0 radical (unpaired) electrons. The summed E-state index contributed by atoms with van der Waals surface area (Å²) in [7, 11) is -3.38. The van der Waals surface area contributed by atoms with Gasteiger partial charge in [-0.25, -0.2) is 4.57 Å². The Kier molecular flexibility index (Phi) is 7.48. The fourth-order valence-electron chi connectivity index (χ4n) is 0.680. The molecule has 0 aliphatic carbocycles. The zero-order valence-electron chi connectivity index (χ0n) is 8.80. The lowest BCUT2D eigenvalue weighted by Crippen LogP contribution is -1.96. The molecule has 0 spiro atoms. The predicted octanol–water partition coefficient (Wildman–Crippen LogP) is 3.27. The van der Waals surface area contributed by atoms with Gasteiger partial charge in [0, 0.05) is 0 Å². The quantitative estimate of drug-likeness (QED) is 0.375. The minimum Gasteiger partial charge on any atom is -0.412 e. The van der Waals surface area contributed by atoms with Crippen LogP contribution < -0.4 is 0 Å². The summed E-state index contributed by atoms with van der Waals surface area (Å²) in [5.74, 6) is 0. The smallest absolute Gasteiger partial charge is 0.412 e. The standard InChI is InChI=1S/C9H17O4P/c1-4-7-8-9-13-14(10,11-5-2)12-6-3/h4,7-9H,5-6H2,1-3H3/b7-4-,9-8+. The molecule has 0 amide bonds. The molecule has 0 unspecified atom stereocenters. The lowest BCUT2D eigenvalue weighted by molar-refractivity contribution is 0.154. The lowest BCUT2D eigenvalue weighted by atomic mass is 10.5. The highest BCUT2D eigenvalue weighted by Crippen LogP contribution is 2.49. The van der Waals surface area contributed by atoms with E-state index in [4.69, 9.17) is 13.6 Å². The molecule has 0 N–H and O–H groups in total. The first-order valence-electron chi connectivity index (χ1n) is 4.53. The molecule has 0 fully saturated rings. The van der Waals surface area contributed by atoms with Gasteiger partial charge in [0.05, 0.1) is 19.5 Å². The molecule has 0 saturated heterocycles. The van der Waals surface area contributed by atoms with Gasteiger partial charge in [0.1, 0.15) is 0 Å². The van der Waals surface area contributed by atoms with Crippen molar-refractivity contribution in [3.63, 3.8) is 0 Å². The SMILES string of the molecule is C/C=C\C=C\OP(=O)(OCC)OCC. The largest absolute Gasteiger partial charge is 0.529 e. The van der Waals surface area contributed by atoms with Crippen LogP contribution in [0.3, 0.4) is 0 Å². The number of rotatable bonds is 7. The van der Waals surface area contributed by atoms with Crippen molar-refractivity contribution in [3.05, 3.63) is 24.5 Å². The van der Waals surface area contributed by atoms with Crippen LogP contribution in [0.4, 0.5) is 0 Å². The lowest BCUT2D eigenvalue weighted by Gasteiger charge is -2.13. The summed E-state index contributed by atoms with van der Waals surface area (Å²) >= 11 is 0. The molecule has 0 aromatic rings. The number of hydrogen-bond acceptors (Lipinski definition) is 4. The van der Waals surface area contributed by atoms with E-state index < -0.39 is 7.82 Å². The van der Waals surface area contributed by atoms with Crippen LogP contribution in [0.25, 0.3) is 0 Å². The van der Waals surface area contributed by atoms with Gasteiger partial charge in [0.25, 0.3) is 0 Å². The molecule has 0 aliphatic rings. The van der Waals surface area contributed by atoms with E-state index in [0.29, 0.717) is 0 Å². The van der Waals surface area contributed by atoms with Crippen LogP contribution >= 0.6 is 7.82 Å². The summed E-state index contributed by atoms with van der Waals surface area (Å²) in [4.78, 5) is 0. The molecular formula is C9H17O4P. The van der Waals surface area contributed by atoms with Gasteiger partial charge in [-0.05, 0) is 26.8 Å². The highest BCUT2D eigenvalue weighted by Gasteiger charge is 2.24. The van der Waals surface area contributed by atoms with E-state index in [1.54, 1.807) is 26.0 Å². The van der Waals surface area contributed by atoms with E-state index in [9.17, 15) is 4.57 Å². The molecule has 0 aliphatic heterocycles. The summed E-state index contributed by atoms with van der Waals surface area (Å²) in [6.45, 7) is 5.90. The Morgan fingerprint density at radius 3 is 2.14 bits per heavy atom. The van der Waals surface area contributed by atoms with E-state index >= 15 is 0 Å². The summed E-state index contributed by atoms with van der Waals surface area (Å²) in [5.41, 5.74) is 0. The molecule has 0 aromatic heterocycles. The molecule has 0 rings (SSSR count). The van der Waals surface area contributed by atoms with E-state index in [1.165, 1.54) is 6.26 Å². The van der Waals surface area contributed by atoms with Crippen LogP contribution in [0.15, 0.2) is 24.5 Å². The first-order valence-corrected chi connectivity index (χ1v) is 6.00. The van der Waals surface area contributed by atoms with Gasteiger partial charge >= 0.3 is 7.82 Å². The van der Waals surface area contributed by atoms with E-state index in [0.717, 1.165) is 0 Å². The van der Waals surface area contributed by atoms with Gasteiger partial charge < -0.3 is 4.52 Å². The summed E-state index contributed by atoms with van der Waals surface area (Å²) < 4.78 is 26.3. The fraction of sp³-hybridized carbons (Fsp3) is 0.556. The second-order valence-corrected chi connectivity index (χ2v) is 3.86. The van der Waals surface area contributed by atoms with Gasteiger partial charge in [-0.15, -0.1) is 0 Å². The van der Waals surface area contributed by atoms with Crippen LogP contribution in [-0.4, -0.2) is 13.2 Å². The first-order chi connectivity index (χ1) is 6.68. The van der Waals surface area contributed by atoms with Crippen LogP contribution in [-0.2, 0) is 18.1 Å². The van der Waals surface area contributed by atoms with Crippen molar-refractivity contribution in [3.8, 4) is 0 Å². The molecule has 14 heavy (non-hydrogen) atoms. The van der Waals surface area contributed by atoms with Crippen molar-refractivity contribution < 1.29 is 18.1 Å². The van der Waals surface area contributed by atoms with Crippen LogP contribution in [0.5, 0.6) is 0 Å². The van der Waals surface area contributed by atoms with Crippen molar-refractivity contribution in [2.45, 2.75) is 20.8 Å². The molecule has 4 nitrogen and oxygen atoms in total. The van der Waals surface area contributed by atoms with Crippen molar-refractivity contribution in [1.29, 1.82) is 0 Å². The summed E-state index contributed by atoms with van der Waals surface area (Å²) in [6.07, 6.45) is 6.49. The Labute approximate surface area is 85.2 Å². The third-order valence-corrected chi connectivity index (χ3v) is 2.68. The summed E-state index contributed by atoms with van der Waals surface area (Å²) in [6, 6.07) is 0. The van der Waals surface area contributed by atoms with Gasteiger partial charge in [-0.3, -0.25) is 9.05 Å². The van der Waals surface area contributed by atoms with Crippen LogP contribution in [0.2, 0.25) is 0 Å². The zero-order valence-corrected chi connectivity index (χ0v) is 9.70. The molecule has 5 heteroatoms. The molecule has 0 aromatic carbocycles. The van der Waals surface area contributed by atoms with Gasteiger partial charge in [0.2, 0.25) is 0 Å². The van der Waals surface area contributed by atoms with Gasteiger partial charge in [-0.1, -0.05) is 12.2 Å². The maximum absolute atomic E-state index is 11.6. The third-order valence-electron chi connectivity index (χ3n) is 1.15. The minimum atomic E-state index is -3.38. The molecule has 0 saturated carbocycles. The Bertz CT molecular complexity index is 225. The Morgan fingerprint density at radius 2 is 1.71 bits per heavy atom. The van der Waals surface area contributed by atoms with E-state index in [-0.39, 0.29) is 13.2 Å².